The normalized spacial score (nSPS) is 21.3. The summed E-state index contributed by atoms with van der Waals surface area (Å²) in [6.07, 6.45) is 0.393. The molecular weight excluding hydrogens is 452 g/mol. The Hall–Kier alpha value is -2.27. The van der Waals surface area contributed by atoms with Crippen molar-refractivity contribution in [1.29, 1.82) is 0 Å². The van der Waals surface area contributed by atoms with Crippen molar-refractivity contribution in [3.05, 3.63) is 65.7 Å². The van der Waals surface area contributed by atoms with Gasteiger partial charge in [-0.2, -0.15) is 4.31 Å². The molecule has 172 valence electrons. The number of benzene rings is 2. The van der Waals surface area contributed by atoms with E-state index in [1.807, 2.05) is 30.3 Å². The van der Waals surface area contributed by atoms with E-state index < -0.39 is 25.9 Å². The maximum absolute atomic E-state index is 13.4. The van der Waals surface area contributed by atoms with E-state index in [9.17, 15) is 21.6 Å². The Morgan fingerprint density at radius 2 is 1.69 bits per heavy atom. The Bertz CT molecular complexity index is 1160. The van der Waals surface area contributed by atoms with Crippen LogP contribution in [0.2, 0.25) is 0 Å². The third-order valence-corrected chi connectivity index (χ3v) is 9.48. The van der Waals surface area contributed by atoms with Crippen LogP contribution in [0.1, 0.15) is 22.3 Å². The summed E-state index contributed by atoms with van der Waals surface area (Å²) in [7, 11) is -6.83. The van der Waals surface area contributed by atoms with Crippen LogP contribution < -0.4 is 0 Å². The third kappa shape index (κ3) is 5.03. The van der Waals surface area contributed by atoms with Crippen LogP contribution in [0, 0.1) is 0 Å². The summed E-state index contributed by atoms with van der Waals surface area (Å²) >= 11 is 0. The average molecular weight is 479 g/mol. The smallest absolute Gasteiger partial charge is 0.254 e. The number of carbonyl (C=O) groups excluding carboxylic acids is 1. The SMILES string of the molecule is O=C(c1ccc(S(=O)(=O)N2CCOCC2)cc1)N(Cc1ccccc1)[C@H]1CCS(=O)(=O)C1. The molecule has 2 heterocycles. The van der Waals surface area contributed by atoms with Crippen molar-refractivity contribution in [1.82, 2.24) is 9.21 Å². The second kappa shape index (κ2) is 9.30. The maximum Gasteiger partial charge on any atom is 0.254 e. The highest BCUT2D eigenvalue weighted by atomic mass is 32.2. The van der Waals surface area contributed by atoms with E-state index in [0.29, 0.717) is 38.3 Å². The zero-order chi connectivity index (χ0) is 22.8. The molecule has 2 aromatic carbocycles. The van der Waals surface area contributed by atoms with Gasteiger partial charge in [-0.05, 0) is 36.2 Å². The van der Waals surface area contributed by atoms with Gasteiger partial charge in [0, 0.05) is 31.2 Å². The molecule has 2 fully saturated rings. The van der Waals surface area contributed by atoms with Crippen molar-refractivity contribution in [3.63, 3.8) is 0 Å². The topological polar surface area (TPSA) is 101 Å². The molecule has 2 saturated heterocycles. The number of ether oxygens (including phenoxy) is 1. The van der Waals surface area contributed by atoms with Gasteiger partial charge in [0.25, 0.3) is 5.91 Å². The number of carbonyl (C=O) groups is 1. The first-order valence-corrected chi connectivity index (χ1v) is 13.8. The number of nitrogens with zero attached hydrogens (tertiary/aromatic N) is 2. The molecule has 8 nitrogen and oxygen atoms in total. The number of rotatable bonds is 6. The van der Waals surface area contributed by atoms with Crippen LogP contribution in [0.5, 0.6) is 0 Å². The predicted molar refractivity (Wildman–Crippen MR) is 119 cm³/mol. The summed E-state index contributed by atoms with van der Waals surface area (Å²) < 4.78 is 56.3. The first-order valence-electron chi connectivity index (χ1n) is 10.5. The lowest BCUT2D eigenvalue weighted by atomic mass is 10.1. The molecule has 2 aromatic rings. The summed E-state index contributed by atoms with van der Waals surface area (Å²) in [6.45, 7) is 1.59. The second-order valence-corrected chi connectivity index (χ2v) is 12.2. The molecule has 0 spiro atoms. The molecule has 2 aliphatic rings. The van der Waals surface area contributed by atoms with Crippen molar-refractivity contribution < 1.29 is 26.4 Å². The molecule has 0 aliphatic carbocycles. The van der Waals surface area contributed by atoms with Crippen molar-refractivity contribution >= 4 is 25.8 Å². The molecule has 0 unspecified atom stereocenters. The lowest BCUT2D eigenvalue weighted by Gasteiger charge is -2.29. The van der Waals surface area contributed by atoms with Crippen LogP contribution >= 0.6 is 0 Å². The molecule has 0 N–H and O–H groups in total. The van der Waals surface area contributed by atoms with E-state index in [0.717, 1.165) is 5.56 Å². The minimum absolute atomic E-state index is 0.0604. The number of hydrogen-bond acceptors (Lipinski definition) is 6. The Morgan fingerprint density at radius 1 is 1.03 bits per heavy atom. The Balaban J connectivity index is 1.57. The minimum Gasteiger partial charge on any atom is -0.379 e. The van der Waals surface area contributed by atoms with Gasteiger partial charge in [-0.15, -0.1) is 0 Å². The first kappa shape index (κ1) is 22.9. The van der Waals surface area contributed by atoms with Gasteiger partial charge in [-0.1, -0.05) is 30.3 Å². The molecule has 32 heavy (non-hydrogen) atoms. The Labute approximate surface area is 188 Å². The molecule has 4 rings (SSSR count). The van der Waals surface area contributed by atoms with Gasteiger partial charge < -0.3 is 9.64 Å². The van der Waals surface area contributed by atoms with Crippen LogP contribution in [0.4, 0.5) is 0 Å². The van der Waals surface area contributed by atoms with Crippen LogP contribution in [0.25, 0.3) is 0 Å². The molecule has 1 atom stereocenters. The zero-order valence-corrected chi connectivity index (χ0v) is 19.2. The van der Waals surface area contributed by atoms with Crippen molar-refractivity contribution in [2.45, 2.75) is 23.9 Å². The largest absolute Gasteiger partial charge is 0.379 e. The van der Waals surface area contributed by atoms with Crippen LogP contribution in [-0.2, 0) is 31.1 Å². The van der Waals surface area contributed by atoms with E-state index in [4.69, 9.17) is 4.74 Å². The monoisotopic (exact) mass is 478 g/mol. The van der Waals surface area contributed by atoms with Gasteiger partial charge in [0.1, 0.15) is 0 Å². The van der Waals surface area contributed by atoms with E-state index in [-0.39, 0.29) is 28.9 Å². The average Bonchev–Trinajstić information content (AvgIpc) is 3.17. The summed E-state index contributed by atoms with van der Waals surface area (Å²) in [5, 5.41) is 0. The van der Waals surface area contributed by atoms with Gasteiger partial charge in [-0.25, -0.2) is 16.8 Å². The van der Waals surface area contributed by atoms with Crippen LogP contribution in [0.15, 0.2) is 59.5 Å². The summed E-state index contributed by atoms with van der Waals surface area (Å²) in [4.78, 5) is 15.1. The zero-order valence-electron chi connectivity index (χ0n) is 17.6. The lowest BCUT2D eigenvalue weighted by molar-refractivity contribution is 0.0681. The molecule has 10 heteroatoms. The number of sulfone groups is 1. The number of morpholine rings is 1. The van der Waals surface area contributed by atoms with Gasteiger partial charge in [0.2, 0.25) is 10.0 Å². The fourth-order valence-electron chi connectivity index (χ4n) is 4.04. The predicted octanol–water partition coefficient (Wildman–Crippen LogP) is 1.54. The van der Waals surface area contributed by atoms with Gasteiger partial charge in [-0.3, -0.25) is 4.79 Å². The molecule has 1 amide bonds. The number of sulfonamides is 1. The van der Waals surface area contributed by atoms with E-state index in [1.54, 1.807) is 4.90 Å². The molecule has 0 aromatic heterocycles. The fourth-order valence-corrected chi connectivity index (χ4v) is 7.18. The van der Waals surface area contributed by atoms with Gasteiger partial charge in [0.15, 0.2) is 9.84 Å². The quantitative estimate of drug-likeness (QED) is 0.624. The standard InChI is InChI=1S/C22H26N2O6S2/c25-22(19-6-8-21(9-7-19)32(28,29)23-11-13-30-14-12-23)24(16-18-4-2-1-3-5-18)20-10-15-31(26,27)17-20/h1-9,20H,10-17H2/t20-/m0/s1. The third-order valence-electron chi connectivity index (χ3n) is 5.81. The van der Waals surface area contributed by atoms with Crippen molar-refractivity contribution in [2.75, 3.05) is 37.8 Å². The highest BCUT2D eigenvalue weighted by molar-refractivity contribution is 7.91. The van der Waals surface area contributed by atoms with Gasteiger partial charge in [0.05, 0.1) is 29.6 Å². The number of hydrogen-bond donors (Lipinski definition) is 0. The highest BCUT2D eigenvalue weighted by Gasteiger charge is 2.35. The maximum atomic E-state index is 13.4. The second-order valence-electron chi connectivity index (χ2n) is 8.02. The van der Waals surface area contributed by atoms with Crippen molar-refractivity contribution in [2.24, 2.45) is 0 Å². The highest BCUT2D eigenvalue weighted by Crippen LogP contribution is 2.24. The molecule has 0 bridgehead atoms. The summed E-state index contributed by atoms with van der Waals surface area (Å²) in [5.74, 6) is -0.312. The molecule has 0 radical (unpaired) electrons. The van der Waals surface area contributed by atoms with Crippen molar-refractivity contribution in [3.8, 4) is 0 Å². The Kier molecular flexibility index (Phi) is 6.66. The van der Waals surface area contributed by atoms with Gasteiger partial charge >= 0.3 is 0 Å². The first-order chi connectivity index (χ1) is 15.3. The molecule has 2 aliphatic heterocycles. The van der Waals surface area contributed by atoms with E-state index in [2.05, 4.69) is 0 Å². The lowest BCUT2D eigenvalue weighted by Crippen LogP contribution is -2.41. The van der Waals surface area contributed by atoms with E-state index >= 15 is 0 Å². The van der Waals surface area contributed by atoms with E-state index in [1.165, 1.54) is 28.6 Å². The summed E-state index contributed by atoms with van der Waals surface area (Å²) in [5.41, 5.74) is 1.22. The number of amides is 1. The minimum atomic E-state index is -3.66. The molecular formula is C22H26N2O6S2. The molecule has 0 saturated carbocycles. The Morgan fingerprint density at radius 3 is 2.28 bits per heavy atom. The fraction of sp³-hybridized carbons (Fsp3) is 0.409. The van der Waals surface area contributed by atoms with Crippen LogP contribution in [-0.4, -0.2) is 75.8 Å². The summed E-state index contributed by atoms with van der Waals surface area (Å²) in [6, 6.07) is 14.8. The van der Waals surface area contributed by atoms with Crippen LogP contribution in [0.3, 0.4) is 0 Å².